The third-order valence-corrected chi connectivity index (χ3v) is 6.17. The van der Waals surface area contributed by atoms with Crippen molar-refractivity contribution in [3.63, 3.8) is 0 Å². The molecule has 3 heterocycles. The normalized spacial score (nSPS) is 22.5. The molecule has 180 valence electrons. The topological polar surface area (TPSA) is 71.7 Å². The van der Waals surface area contributed by atoms with Crippen molar-refractivity contribution in [1.82, 2.24) is 19.9 Å². The van der Waals surface area contributed by atoms with Gasteiger partial charge in [-0.2, -0.15) is 18.2 Å². The first kappa shape index (κ1) is 23.5. The second kappa shape index (κ2) is 8.96. The zero-order chi connectivity index (χ0) is 23.8. The number of alkyl halides is 3. The van der Waals surface area contributed by atoms with Gasteiger partial charge >= 0.3 is 12.2 Å². The molecule has 33 heavy (non-hydrogen) atoms. The molecule has 2 aliphatic rings. The standard InChI is InChI=1S/C23H29F3N4O3/c1-22(2,3)20-27-19(33-28-20)17-12-16(15-4-6-18(7-5-15)23(24,25)26)13-30(14-17)21(31)29-8-10-32-11-9-29/h4-7,16-17H,8-14H2,1-3H3. The molecule has 2 aliphatic heterocycles. The SMILES string of the molecule is CC(C)(C)c1noc(C2CC(c3ccc(C(F)(F)F)cc3)CN(C(=O)N3CCOCC3)C2)n1. The Bertz CT molecular complexity index is 963. The summed E-state index contributed by atoms with van der Waals surface area (Å²) in [6, 6.07) is 5.09. The molecule has 0 N–H and O–H groups in total. The van der Waals surface area contributed by atoms with E-state index >= 15 is 0 Å². The average Bonchev–Trinajstić information content (AvgIpc) is 3.29. The zero-order valence-corrected chi connectivity index (χ0v) is 19.1. The molecule has 1 aromatic heterocycles. The summed E-state index contributed by atoms with van der Waals surface area (Å²) < 4.78 is 50.0. The lowest BCUT2D eigenvalue weighted by Gasteiger charge is -2.40. The molecule has 2 unspecified atom stereocenters. The monoisotopic (exact) mass is 466 g/mol. The van der Waals surface area contributed by atoms with Crippen molar-refractivity contribution >= 4 is 6.03 Å². The number of likely N-dealkylation sites (tertiary alicyclic amines) is 1. The van der Waals surface area contributed by atoms with E-state index in [1.165, 1.54) is 12.1 Å². The van der Waals surface area contributed by atoms with Crippen LogP contribution in [0, 0.1) is 0 Å². The summed E-state index contributed by atoms with van der Waals surface area (Å²) in [7, 11) is 0. The highest BCUT2D eigenvalue weighted by molar-refractivity contribution is 5.75. The fourth-order valence-electron chi connectivity index (χ4n) is 4.28. The fraction of sp³-hybridized carbons (Fsp3) is 0.609. The van der Waals surface area contributed by atoms with Crippen LogP contribution in [0.3, 0.4) is 0 Å². The number of carbonyl (C=O) groups is 1. The van der Waals surface area contributed by atoms with Crippen molar-refractivity contribution < 1.29 is 27.2 Å². The van der Waals surface area contributed by atoms with E-state index in [-0.39, 0.29) is 23.3 Å². The third kappa shape index (κ3) is 5.31. The molecular weight excluding hydrogens is 437 g/mol. The first-order chi connectivity index (χ1) is 15.5. The van der Waals surface area contributed by atoms with Crippen LogP contribution >= 0.6 is 0 Å². The van der Waals surface area contributed by atoms with Crippen LogP contribution in [0.5, 0.6) is 0 Å². The van der Waals surface area contributed by atoms with Crippen LogP contribution in [-0.2, 0) is 16.3 Å². The predicted octanol–water partition coefficient (Wildman–Crippen LogP) is 4.41. The van der Waals surface area contributed by atoms with Gasteiger partial charge in [-0.3, -0.25) is 0 Å². The lowest BCUT2D eigenvalue weighted by Crippen LogP contribution is -2.52. The van der Waals surface area contributed by atoms with E-state index in [1.54, 1.807) is 9.80 Å². The van der Waals surface area contributed by atoms with E-state index in [1.807, 2.05) is 20.8 Å². The molecule has 0 spiro atoms. The molecule has 2 saturated heterocycles. The van der Waals surface area contributed by atoms with Crippen molar-refractivity contribution in [2.24, 2.45) is 0 Å². The lowest BCUT2D eigenvalue weighted by atomic mass is 9.84. The summed E-state index contributed by atoms with van der Waals surface area (Å²) in [6.45, 7) is 8.80. The van der Waals surface area contributed by atoms with Crippen LogP contribution in [-0.4, -0.2) is 65.4 Å². The predicted molar refractivity (Wildman–Crippen MR) is 114 cm³/mol. The number of urea groups is 1. The average molecular weight is 467 g/mol. The van der Waals surface area contributed by atoms with Gasteiger partial charge in [-0.1, -0.05) is 38.1 Å². The van der Waals surface area contributed by atoms with Gasteiger partial charge in [0.2, 0.25) is 5.89 Å². The van der Waals surface area contributed by atoms with E-state index in [0.29, 0.717) is 57.5 Å². The number of morpholine rings is 1. The number of aromatic nitrogens is 2. The van der Waals surface area contributed by atoms with Crippen LogP contribution in [0.4, 0.5) is 18.0 Å². The number of amides is 2. The number of ether oxygens (including phenoxy) is 1. The first-order valence-electron chi connectivity index (χ1n) is 11.1. The molecule has 2 fully saturated rings. The number of nitrogens with zero attached hydrogens (tertiary/aromatic N) is 4. The van der Waals surface area contributed by atoms with Crippen LogP contribution in [0.25, 0.3) is 0 Å². The number of piperidine rings is 1. The second-order valence-corrected chi connectivity index (χ2v) is 9.74. The maximum atomic E-state index is 13.2. The minimum absolute atomic E-state index is 0.101. The van der Waals surface area contributed by atoms with Gasteiger partial charge in [-0.25, -0.2) is 4.79 Å². The summed E-state index contributed by atoms with van der Waals surface area (Å²) in [5.41, 5.74) is -0.221. The molecule has 4 rings (SSSR count). The van der Waals surface area contributed by atoms with Gasteiger partial charge in [0.25, 0.3) is 0 Å². The number of benzene rings is 1. The maximum absolute atomic E-state index is 13.2. The molecule has 0 bridgehead atoms. The Labute approximate surface area is 190 Å². The van der Waals surface area contributed by atoms with E-state index in [0.717, 1.165) is 17.7 Å². The molecule has 2 atom stereocenters. The van der Waals surface area contributed by atoms with Crippen LogP contribution in [0.15, 0.2) is 28.8 Å². The summed E-state index contributed by atoms with van der Waals surface area (Å²) in [4.78, 5) is 21.3. The lowest BCUT2D eigenvalue weighted by molar-refractivity contribution is -0.137. The second-order valence-electron chi connectivity index (χ2n) is 9.74. The smallest absolute Gasteiger partial charge is 0.378 e. The van der Waals surface area contributed by atoms with Crippen molar-refractivity contribution in [2.45, 2.75) is 50.6 Å². The van der Waals surface area contributed by atoms with E-state index < -0.39 is 11.7 Å². The Kier molecular flexibility index (Phi) is 6.39. The Hall–Kier alpha value is -2.62. The Morgan fingerprint density at radius 1 is 1.00 bits per heavy atom. The summed E-state index contributed by atoms with van der Waals surface area (Å²) in [6.07, 6.45) is -3.79. The largest absolute Gasteiger partial charge is 0.416 e. The number of carbonyl (C=O) groups excluding carboxylic acids is 1. The summed E-state index contributed by atoms with van der Waals surface area (Å²) in [5.74, 6) is 0.678. The maximum Gasteiger partial charge on any atom is 0.416 e. The van der Waals surface area contributed by atoms with Crippen molar-refractivity contribution in [2.75, 3.05) is 39.4 Å². The van der Waals surface area contributed by atoms with E-state index in [2.05, 4.69) is 10.1 Å². The van der Waals surface area contributed by atoms with Crippen molar-refractivity contribution in [1.29, 1.82) is 0 Å². The van der Waals surface area contributed by atoms with Crippen molar-refractivity contribution in [3.8, 4) is 0 Å². The van der Waals surface area contributed by atoms with Gasteiger partial charge in [0.1, 0.15) is 0 Å². The van der Waals surface area contributed by atoms with Crippen LogP contribution in [0.1, 0.15) is 61.9 Å². The van der Waals surface area contributed by atoms with Gasteiger partial charge in [0.05, 0.1) is 24.7 Å². The minimum atomic E-state index is -4.39. The fourth-order valence-corrected chi connectivity index (χ4v) is 4.28. The van der Waals surface area contributed by atoms with Gasteiger partial charge in [-0.05, 0) is 24.1 Å². The third-order valence-electron chi connectivity index (χ3n) is 6.17. The van der Waals surface area contributed by atoms with Gasteiger partial charge in [-0.15, -0.1) is 0 Å². The van der Waals surface area contributed by atoms with Crippen LogP contribution < -0.4 is 0 Å². The molecule has 0 radical (unpaired) electrons. The highest BCUT2D eigenvalue weighted by Gasteiger charge is 2.37. The Morgan fingerprint density at radius 2 is 1.64 bits per heavy atom. The number of hydrogen-bond donors (Lipinski definition) is 0. The van der Waals surface area contributed by atoms with Crippen LogP contribution in [0.2, 0.25) is 0 Å². The number of hydrogen-bond acceptors (Lipinski definition) is 5. The first-order valence-corrected chi connectivity index (χ1v) is 11.1. The molecular formula is C23H29F3N4O3. The molecule has 10 heteroatoms. The van der Waals surface area contributed by atoms with E-state index in [4.69, 9.17) is 9.26 Å². The Balaban J connectivity index is 1.60. The Morgan fingerprint density at radius 3 is 2.21 bits per heavy atom. The van der Waals surface area contributed by atoms with Gasteiger partial charge in [0.15, 0.2) is 5.82 Å². The highest BCUT2D eigenvalue weighted by Crippen LogP contribution is 2.37. The number of halogens is 3. The minimum Gasteiger partial charge on any atom is -0.378 e. The van der Waals surface area contributed by atoms with Gasteiger partial charge < -0.3 is 19.1 Å². The summed E-state index contributed by atoms with van der Waals surface area (Å²) >= 11 is 0. The van der Waals surface area contributed by atoms with E-state index in [9.17, 15) is 18.0 Å². The molecule has 2 amide bonds. The van der Waals surface area contributed by atoms with Gasteiger partial charge in [0, 0.05) is 37.5 Å². The zero-order valence-electron chi connectivity index (χ0n) is 19.1. The molecule has 1 aromatic carbocycles. The molecule has 7 nitrogen and oxygen atoms in total. The molecule has 2 aromatic rings. The molecule has 0 saturated carbocycles. The molecule has 0 aliphatic carbocycles. The summed E-state index contributed by atoms with van der Waals surface area (Å²) in [5, 5.41) is 4.12. The quantitative estimate of drug-likeness (QED) is 0.656. The number of rotatable bonds is 2. The van der Waals surface area contributed by atoms with Crippen molar-refractivity contribution in [3.05, 3.63) is 47.1 Å². The highest BCUT2D eigenvalue weighted by atomic mass is 19.4.